The zero-order valence-electron chi connectivity index (χ0n) is 12.6. The van der Waals surface area contributed by atoms with Crippen molar-refractivity contribution in [3.8, 4) is 0 Å². The molecule has 0 saturated heterocycles. The second-order valence-electron chi connectivity index (χ2n) is 4.70. The molecule has 0 unspecified atom stereocenters. The molecular formula is C16H30S3. The predicted molar refractivity (Wildman–Crippen MR) is 98.6 cm³/mol. The topological polar surface area (TPSA) is 0 Å². The Hall–Kier alpha value is 0.530. The first-order chi connectivity index (χ1) is 9.41. The van der Waals surface area contributed by atoms with Crippen molar-refractivity contribution in [1.82, 2.24) is 0 Å². The summed E-state index contributed by atoms with van der Waals surface area (Å²) in [5.74, 6) is 0. The van der Waals surface area contributed by atoms with Gasteiger partial charge in [-0.3, -0.25) is 0 Å². The van der Waals surface area contributed by atoms with E-state index in [1.807, 2.05) is 31.4 Å². The molecule has 0 nitrogen and oxygen atoms in total. The molecule has 0 aromatic carbocycles. The lowest BCUT2D eigenvalue weighted by atomic mass is 10.2. The summed E-state index contributed by atoms with van der Waals surface area (Å²) in [5.41, 5.74) is 0. The fourth-order valence-corrected chi connectivity index (χ4v) is 4.33. The van der Waals surface area contributed by atoms with Crippen LogP contribution in [0.4, 0.5) is 0 Å². The van der Waals surface area contributed by atoms with E-state index in [9.17, 15) is 0 Å². The van der Waals surface area contributed by atoms with Gasteiger partial charge in [0.15, 0.2) is 0 Å². The number of rotatable bonds is 14. The van der Waals surface area contributed by atoms with E-state index in [0.29, 0.717) is 0 Å². The van der Waals surface area contributed by atoms with Crippen molar-refractivity contribution < 1.29 is 0 Å². The highest BCUT2D eigenvalue weighted by molar-refractivity contribution is 9.10. The molecule has 0 aromatic rings. The van der Waals surface area contributed by atoms with E-state index in [2.05, 4.69) is 36.8 Å². The lowest BCUT2D eigenvalue weighted by molar-refractivity contribution is 0.675. The molecule has 0 fully saturated rings. The van der Waals surface area contributed by atoms with E-state index >= 15 is 0 Å². The highest BCUT2D eigenvalue weighted by atomic mass is 33.5. The Morgan fingerprint density at radius 2 is 1.11 bits per heavy atom. The van der Waals surface area contributed by atoms with Crippen molar-refractivity contribution in [2.24, 2.45) is 0 Å². The van der Waals surface area contributed by atoms with Crippen LogP contribution in [0.5, 0.6) is 0 Å². The van der Waals surface area contributed by atoms with Gasteiger partial charge in [-0.1, -0.05) is 86.1 Å². The monoisotopic (exact) mass is 318 g/mol. The standard InChI is InChI=1S/C16H30S3/c1-3-5-7-9-11-13-15-17-19-18-16-14-12-10-8-6-4-2/h13-16H,3-12H2,1-2H3/b15-13+,16-14+. The third-order valence-corrected chi connectivity index (χ3v) is 6.15. The maximum absolute atomic E-state index is 2.31. The zero-order valence-corrected chi connectivity index (χ0v) is 15.1. The smallest absolute Gasteiger partial charge is 0.0158 e. The summed E-state index contributed by atoms with van der Waals surface area (Å²) in [7, 11) is 5.52. The highest BCUT2D eigenvalue weighted by Crippen LogP contribution is 2.36. The van der Waals surface area contributed by atoms with Gasteiger partial charge in [0.1, 0.15) is 0 Å². The summed E-state index contributed by atoms with van der Waals surface area (Å²) in [6, 6.07) is 0. The van der Waals surface area contributed by atoms with Crippen LogP contribution in [0.1, 0.15) is 78.1 Å². The molecule has 0 spiro atoms. The average Bonchev–Trinajstić information content (AvgIpc) is 2.43. The normalized spacial score (nSPS) is 11.9. The molecule has 0 rings (SSSR count). The van der Waals surface area contributed by atoms with E-state index in [-0.39, 0.29) is 0 Å². The summed E-state index contributed by atoms with van der Waals surface area (Å²) in [5, 5.41) is 4.47. The molecule has 0 saturated carbocycles. The van der Waals surface area contributed by atoms with Gasteiger partial charge in [-0.05, 0) is 46.3 Å². The van der Waals surface area contributed by atoms with E-state index in [0.717, 1.165) is 0 Å². The number of unbranched alkanes of at least 4 members (excludes halogenated alkanes) is 8. The van der Waals surface area contributed by atoms with Crippen LogP contribution in [0, 0.1) is 0 Å². The summed E-state index contributed by atoms with van der Waals surface area (Å²) < 4.78 is 0. The Balaban J connectivity index is 3.12. The fraction of sp³-hybridized carbons (Fsp3) is 0.750. The maximum Gasteiger partial charge on any atom is -0.0158 e. The summed E-state index contributed by atoms with van der Waals surface area (Å²) in [6.45, 7) is 4.52. The lowest BCUT2D eigenvalue weighted by Gasteiger charge is -1.94. The van der Waals surface area contributed by atoms with E-state index in [4.69, 9.17) is 0 Å². The highest BCUT2D eigenvalue weighted by Gasteiger charge is 1.87. The van der Waals surface area contributed by atoms with Gasteiger partial charge < -0.3 is 0 Å². The van der Waals surface area contributed by atoms with Gasteiger partial charge in [-0.25, -0.2) is 0 Å². The van der Waals surface area contributed by atoms with Crippen molar-refractivity contribution in [3.05, 3.63) is 23.0 Å². The third-order valence-electron chi connectivity index (χ3n) is 2.83. The molecule has 0 aliphatic carbocycles. The first-order valence-corrected chi connectivity index (χ1v) is 11.3. The van der Waals surface area contributed by atoms with Crippen LogP contribution in [-0.4, -0.2) is 0 Å². The fourth-order valence-electron chi connectivity index (χ4n) is 1.66. The Morgan fingerprint density at radius 1 is 0.632 bits per heavy atom. The Kier molecular flexibility index (Phi) is 19.0. The van der Waals surface area contributed by atoms with Crippen molar-refractivity contribution in [2.75, 3.05) is 0 Å². The minimum Gasteiger partial charge on any atom is -0.0773 e. The number of hydrogen-bond acceptors (Lipinski definition) is 3. The van der Waals surface area contributed by atoms with Gasteiger partial charge in [0.2, 0.25) is 0 Å². The molecular weight excluding hydrogens is 288 g/mol. The van der Waals surface area contributed by atoms with Gasteiger partial charge in [-0.15, -0.1) is 0 Å². The Morgan fingerprint density at radius 3 is 1.53 bits per heavy atom. The molecule has 0 radical (unpaired) electrons. The van der Waals surface area contributed by atoms with Crippen LogP contribution >= 0.6 is 31.4 Å². The van der Waals surface area contributed by atoms with Gasteiger partial charge >= 0.3 is 0 Å². The maximum atomic E-state index is 2.31. The number of hydrogen-bond donors (Lipinski definition) is 0. The molecule has 19 heavy (non-hydrogen) atoms. The van der Waals surface area contributed by atoms with Crippen LogP contribution in [-0.2, 0) is 0 Å². The Bertz CT molecular complexity index is 190. The second-order valence-corrected chi connectivity index (χ2v) is 8.56. The largest absolute Gasteiger partial charge is 0.0773 e. The first kappa shape index (κ1) is 19.5. The molecule has 0 bridgehead atoms. The van der Waals surface area contributed by atoms with Crippen LogP contribution < -0.4 is 0 Å². The molecule has 0 amide bonds. The van der Waals surface area contributed by atoms with E-state index < -0.39 is 0 Å². The van der Waals surface area contributed by atoms with Crippen LogP contribution in [0.25, 0.3) is 0 Å². The molecule has 0 N–H and O–H groups in total. The second kappa shape index (κ2) is 18.5. The Labute approximate surface area is 132 Å². The summed E-state index contributed by atoms with van der Waals surface area (Å²) >= 11 is 0. The first-order valence-electron chi connectivity index (χ1n) is 7.70. The van der Waals surface area contributed by atoms with Gasteiger partial charge in [0.05, 0.1) is 0 Å². The molecule has 112 valence electrons. The predicted octanol–water partition coefficient (Wildman–Crippen LogP) is 7.98. The average molecular weight is 319 g/mol. The SMILES string of the molecule is CCCCCC/C=C/SSS/C=C/CCCCCC. The summed E-state index contributed by atoms with van der Waals surface area (Å²) in [4.78, 5) is 0. The molecule has 3 heteroatoms. The van der Waals surface area contributed by atoms with Crippen LogP contribution in [0.3, 0.4) is 0 Å². The van der Waals surface area contributed by atoms with Crippen LogP contribution in [0.15, 0.2) is 23.0 Å². The third kappa shape index (κ3) is 18.5. The minimum atomic E-state index is 1.24. The molecule has 0 aliphatic heterocycles. The molecule has 0 aromatic heterocycles. The molecule has 0 atom stereocenters. The van der Waals surface area contributed by atoms with Crippen molar-refractivity contribution >= 4 is 31.4 Å². The zero-order chi connectivity index (χ0) is 14.0. The lowest BCUT2D eigenvalue weighted by Crippen LogP contribution is -1.72. The van der Waals surface area contributed by atoms with Crippen molar-refractivity contribution in [1.29, 1.82) is 0 Å². The van der Waals surface area contributed by atoms with Gasteiger partial charge in [-0.2, -0.15) is 0 Å². The van der Waals surface area contributed by atoms with Gasteiger partial charge in [0, 0.05) is 0 Å². The van der Waals surface area contributed by atoms with E-state index in [1.54, 1.807) is 0 Å². The van der Waals surface area contributed by atoms with Crippen molar-refractivity contribution in [3.63, 3.8) is 0 Å². The van der Waals surface area contributed by atoms with Crippen molar-refractivity contribution in [2.45, 2.75) is 78.1 Å². The quantitative estimate of drug-likeness (QED) is 0.235. The van der Waals surface area contributed by atoms with Crippen LogP contribution in [0.2, 0.25) is 0 Å². The molecule has 0 heterocycles. The number of allylic oxidation sites excluding steroid dienone is 2. The molecule has 0 aliphatic rings. The minimum absolute atomic E-state index is 1.24. The summed E-state index contributed by atoms with van der Waals surface area (Å²) in [6.07, 6.45) is 18.0. The van der Waals surface area contributed by atoms with Gasteiger partial charge in [0.25, 0.3) is 0 Å². The van der Waals surface area contributed by atoms with E-state index in [1.165, 1.54) is 64.2 Å².